The average molecular weight is 398 g/mol. The molecule has 0 aliphatic heterocycles. The first kappa shape index (κ1) is 20.2. The topological polar surface area (TPSA) is 122 Å². The second-order valence-corrected chi connectivity index (χ2v) is 6.28. The van der Waals surface area contributed by atoms with Crippen molar-refractivity contribution < 1.29 is 0 Å². The van der Waals surface area contributed by atoms with Gasteiger partial charge in [0.15, 0.2) is 0 Å². The summed E-state index contributed by atoms with van der Waals surface area (Å²) in [4.78, 5) is 38.6. The Hall–Kier alpha value is -4.51. The molecule has 0 aliphatic rings. The molecule has 0 amide bonds. The van der Waals surface area contributed by atoms with Gasteiger partial charge in [-0.3, -0.25) is 19.6 Å². The van der Waals surface area contributed by atoms with E-state index in [-0.39, 0.29) is 22.5 Å². The lowest BCUT2D eigenvalue weighted by atomic mass is 10.1. The van der Waals surface area contributed by atoms with Crippen LogP contribution in [0.3, 0.4) is 0 Å². The van der Waals surface area contributed by atoms with E-state index in [4.69, 9.17) is 12.3 Å². The van der Waals surface area contributed by atoms with Crippen LogP contribution in [0, 0.1) is 13.5 Å². The molecule has 8 nitrogen and oxygen atoms in total. The smallest absolute Gasteiger partial charge is 0.271 e. The molecule has 4 N–H and O–H groups in total. The molecule has 0 bridgehead atoms. The molecule has 0 unspecified atom stereocenters. The number of nitrogens with two attached hydrogens (primary N) is 1. The summed E-state index contributed by atoms with van der Waals surface area (Å²) in [5.74, 6) is 0. The Morgan fingerprint density at radius 3 is 2.07 bits per heavy atom. The van der Waals surface area contributed by atoms with Crippen molar-refractivity contribution in [3.05, 3.63) is 105 Å². The number of nitrogens with zero attached hydrogens (tertiary/aromatic N) is 3. The van der Waals surface area contributed by atoms with E-state index >= 15 is 0 Å². The van der Waals surface area contributed by atoms with Crippen molar-refractivity contribution >= 4 is 11.4 Å². The molecular formula is C22H18N6O2. The molecule has 4 heterocycles. The Balaban J connectivity index is 0.000000172. The zero-order valence-corrected chi connectivity index (χ0v) is 16.1. The van der Waals surface area contributed by atoms with Crippen molar-refractivity contribution in [3.8, 4) is 22.3 Å². The summed E-state index contributed by atoms with van der Waals surface area (Å²) >= 11 is 0. The molecule has 0 fully saturated rings. The third-order valence-corrected chi connectivity index (χ3v) is 4.28. The molecule has 4 rings (SSSR count). The molecule has 0 saturated heterocycles. The molecule has 0 radical (unpaired) electrons. The van der Waals surface area contributed by atoms with Crippen molar-refractivity contribution in [2.24, 2.45) is 0 Å². The second kappa shape index (κ2) is 9.12. The van der Waals surface area contributed by atoms with E-state index < -0.39 is 0 Å². The average Bonchev–Trinajstić information content (AvgIpc) is 2.77. The largest absolute Gasteiger partial charge is 0.394 e. The van der Waals surface area contributed by atoms with Gasteiger partial charge in [-0.05, 0) is 60.0 Å². The minimum Gasteiger partial charge on any atom is -0.394 e. The first-order valence-corrected chi connectivity index (χ1v) is 8.90. The van der Waals surface area contributed by atoms with Gasteiger partial charge in [0.25, 0.3) is 16.8 Å². The number of anilines is 1. The van der Waals surface area contributed by atoms with Crippen LogP contribution in [-0.4, -0.2) is 19.9 Å². The Morgan fingerprint density at radius 1 is 0.900 bits per heavy atom. The first-order valence-electron chi connectivity index (χ1n) is 8.90. The summed E-state index contributed by atoms with van der Waals surface area (Å²) in [6.45, 7) is 8.72. The fraction of sp³-hybridized carbons (Fsp3) is 0.0455. The molecule has 4 aromatic heterocycles. The quantitative estimate of drug-likeness (QED) is 0.447. The molecule has 30 heavy (non-hydrogen) atoms. The highest BCUT2D eigenvalue weighted by Crippen LogP contribution is 2.23. The summed E-state index contributed by atoms with van der Waals surface area (Å²) in [6, 6.07) is 10.6. The highest BCUT2D eigenvalue weighted by Gasteiger charge is 2.06. The van der Waals surface area contributed by atoms with Gasteiger partial charge in [-0.2, -0.15) is 0 Å². The number of aromatic nitrogens is 4. The van der Waals surface area contributed by atoms with Gasteiger partial charge in [-0.15, -0.1) is 0 Å². The predicted octanol–water partition coefficient (Wildman–Crippen LogP) is 3.32. The van der Waals surface area contributed by atoms with Gasteiger partial charge in [-0.1, -0.05) is 0 Å². The van der Waals surface area contributed by atoms with Crippen molar-refractivity contribution in [2.45, 2.75) is 6.92 Å². The van der Waals surface area contributed by atoms with Crippen LogP contribution < -0.4 is 16.9 Å². The first-order chi connectivity index (χ1) is 14.5. The van der Waals surface area contributed by atoms with Crippen LogP contribution in [0.4, 0.5) is 11.4 Å². The number of aryl methyl sites for hydroxylation is 1. The van der Waals surface area contributed by atoms with E-state index in [2.05, 4.69) is 24.8 Å². The fourth-order valence-corrected chi connectivity index (χ4v) is 2.74. The Kier molecular flexibility index (Phi) is 6.15. The zero-order chi connectivity index (χ0) is 21.5. The third kappa shape index (κ3) is 4.66. The molecule has 0 spiro atoms. The monoisotopic (exact) mass is 398 g/mol. The summed E-state index contributed by atoms with van der Waals surface area (Å²) in [6.07, 6.45) is 8.37. The maximum Gasteiger partial charge on any atom is 0.271 e. The predicted molar refractivity (Wildman–Crippen MR) is 116 cm³/mol. The zero-order valence-electron chi connectivity index (χ0n) is 16.1. The van der Waals surface area contributed by atoms with Gasteiger partial charge >= 0.3 is 0 Å². The summed E-state index contributed by atoms with van der Waals surface area (Å²) in [7, 11) is 0. The van der Waals surface area contributed by atoms with Crippen LogP contribution in [0.1, 0.15) is 5.69 Å². The van der Waals surface area contributed by atoms with Gasteiger partial charge in [0, 0.05) is 42.2 Å². The van der Waals surface area contributed by atoms with E-state index in [9.17, 15) is 9.59 Å². The maximum atomic E-state index is 11.4. The lowest BCUT2D eigenvalue weighted by molar-refractivity contribution is 1.15. The van der Waals surface area contributed by atoms with Crippen LogP contribution in [0.15, 0.2) is 77.0 Å². The maximum absolute atomic E-state index is 11.4. The Labute approximate surface area is 171 Å². The van der Waals surface area contributed by atoms with E-state index in [0.717, 1.165) is 27.9 Å². The SMILES string of the molecule is Nc1cc(-c2ccncc2)c[nH]c1=O.[C-]#[N+]c1cc(-c2ccncc2)c(C)[nH]c1=O. The van der Waals surface area contributed by atoms with Gasteiger partial charge in [-0.25, -0.2) is 4.85 Å². The molecule has 0 saturated carbocycles. The second-order valence-electron chi connectivity index (χ2n) is 6.28. The van der Waals surface area contributed by atoms with Crippen LogP contribution >= 0.6 is 0 Å². The summed E-state index contributed by atoms with van der Waals surface area (Å²) in [5.41, 5.74) is 9.63. The Morgan fingerprint density at radius 2 is 1.50 bits per heavy atom. The van der Waals surface area contributed by atoms with Crippen molar-refractivity contribution in [2.75, 3.05) is 5.73 Å². The molecule has 4 aromatic rings. The number of aromatic amines is 2. The van der Waals surface area contributed by atoms with E-state index in [1.165, 1.54) is 0 Å². The summed E-state index contributed by atoms with van der Waals surface area (Å²) in [5, 5.41) is 0. The van der Waals surface area contributed by atoms with Crippen LogP contribution in [0.2, 0.25) is 0 Å². The molecule has 0 atom stereocenters. The van der Waals surface area contributed by atoms with Crippen LogP contribution in [0.25, 0.3) is 27.1 Å². The number of H-pyrrole nitrogens is 2. The molecule has 148 valence electrons. The standard InChI is InChI=1S/C12H9N3O.C10H9N3O/c1-8-10(9-3-5-14-6-4-9)7-11(13-2)12(16)15-8;11-9-5-8(6-13-10(9)14)7-1-3-12-4-2-7/h3-7H,1H3,(H,15,16);1-6H,11H2,(H,13,14). The van der Waals surface area contributed by atoms with Crippen molar-refractivity contribution in [1.82, 2.24) is 19.9 Å². The molecule has 8 heteroatoms. The van der Waals surface area contributed by atoms with Gasteiger partial charge in [0.2, 0.25) is 0 Å². The highest BCUT2D eigenvalue weighted by molar-refractivity contribution is 5.69. The number of hydrogen-bond acceptors (Lipinski definition) is 5. The number of nitrogen functional groups attached to an aromatic ring is 1. The summed E-state index contributed by atoms with van der Waals surface area (Å²) < 4.78 is 0. The van der Waals surface area contributed by atoms with Crippen LogP contribution in [-0.2, 0) is 0 Å². The van der Waals surface area contributed by atoms with Crippen molar-refractivity contribution in [1.29, 1.82) is 0 Å². The lowest BCUT2D eigenvalue weighted by Crippen LogP contribution is -2.10. The van der Waals surface area contributed by atoms with Crippen molar-refractivity contribution in [3.63, 3.8) is 0 Å². The molecule has 0 aromatic carbocycles. The minimum absolute atomic E-state index is 0.109. The van der Waals surface area contributed by atoms with E-state index in [1.807, 2.05) is 31.2 Å². The number of hydrogen-bond donors (Lipinski definition) is 3. The lowest BCUT2D eigenvalue weighted by Gasteiger charge is -2.05. The fourth-order valence-electron chi connectivity index (χ4n) is 2.74. The third-order valence-electron chi connectivity index (χ3n) is 4.28. The van der Waals surface area contributed by atoms with E-state index in [0.29, 0.717) is 0 Å². The van der Waals surface area contributed by atoms with E-state index in [1.54, 1.807) is 43.1 Å². The molecular weight excluding hydrogens is 380 g/mol. The van der Waals surface area contributed by atoms with Gasteiger partial charge in [0.05, 0.1) is 12.3 Å². The Bertz CT molecular complexity index is 1310. The normalized spacial score (nSPS) is 9.87. The van der Waals surface area contributed by atoms with Crippen LogP contribution in [0.5, 0.6) is 0 Å². The molecule has 0 aliphatic carbocycles. The number of pyridine rings is 4. The number of rotatable bonds is 2. The number of nitrogens with one attached hydrogen (secondary N) is 2. The minimum atomic E-state index is -0.342. The van der Waals surface area contributed by atoms with Gasteiger partial charge in [0.1, 0.15) is 0 Å². The highest BCUT2D eigenvalue weighted by atomic mass is 16.1. The van der Waals surface area contributed by atoms with Gasteiger partial charge < -0.3 is 15.7 Å².